The smallest absolute Gasteiger partial charge is 0.149 e. The van der Waals surface area contributed by atoms with Gasteiger partial charge < -0.3 is 15.7 Å². The van der Waals surface area contributed by atoms with E-state index in [9.17, 15) is 13.9 Å². The van der Waals surface area contributed by atoms with Crippen LogP contribution in [0.3, 0.4) is 0 Å². The second-order valence-corrected chi connectivity index (χ2v) is 5.45. The highest BCUT2D eigenvalue weighted by molar-refractivity contribution is 5.51. The summed E-state index contributed by atoms with van der Waals surface area (Å²) >= 11 is 0. The number of hydrogen-bond acceptors (Lipinski definition) is 3. The van der Waals surface area contributed by atoms with Gasteiger partial charge in [-0.2, -0.15) is 0 Å². The highest BCUT2D eigenvalue weighted by Gasteiger charge is 2.27. The first kappa shape index (κ1) is 14.2. The molecular formula is C14H20F2N2O. The molecule has 1 fully saturated rings. The molecule has 2 rings (SSSR count). The lowest BCUT2D eigenvalue weighted by Gasteiger charge is -2.25. The molecule has 0 aromatic heterocycles. The quantitative estimate of drug-likeness (QED) is 0.866. The number of aliphatic hydroxyl groups is 1. The maximum Gasteiger partial charge on any atom is 0.149 e. The maximum absolute atomic E-state index is 14.0. The van der Waals surface area contributed by atoms with Crippen molar-refractivity contribution < 1.29 is 13.9 Å². The summed E-state index contributed by atoms with van der Waals surface area (Å²) in [4.78, 5) is 1.67. The molecule has 106 valence electrons. The van der Waals surface area contributed by atoms with Crippen LogP contribution >= 0.6 is 0 Å². The first-order valence-corrected chi connectivity index (χ1v) is 6.58. The van der Waals surface area contributed by atoms with Crippen molar-refractivity contribution in [1.82, 2.24) is 0 Å². The van der Waals surface area contributed by atoms with Gasteiger partial charge in [-0.05, 0) is 43.9 Å². The van der Waals surface area contributed by atoms with Crippen molar-refractivity contribution in [3.8, 4) is 0 Å². The average Bonchev–Trinajstić information content (AvgIpc) is 2.50. The number of hydrogen-bond donors (Lipinski definition) is 2. The molecule has 1 unspecified atom stereocenters. The molecule has 1 heterocycles. The maximum atomic E-state index is 14.0. The number of benzene rings is 1. The summed E-state index contributed by atoms with van der Waals surface area (Å²) in [6.45, 7) is 2.87. The predicted octanol–water partition coefficient (Wildman–Crippen LogP) is 2.16. The molecule has 19 heavy (non-hydrogen) atoms. The Bertz CT molecular complexity index is 440. The van der Waals surface area contributed by atoms with E-state index in [-0.39, 0.29) is 12.2 Å². The lowest BCUT2D eigenvalue weighted by Crippen LogP contribution is -2.29. The fourth-order valence-electron chi connectivity index (χ4n) is 2.52. The van der Waals surface area contributed by atoms with Crippen LogP contribution < -0.4 is 10.6 Å². The van der Waals surface area contributed by atoms with E-state index >= 15 is 0 Å². The molecule has 3 nitrogen and oxygen atoms in total. The third kappa shape index (κ3) is 3.22. The van der Waals surface area contributed by atoms with E-state index in [0.717, 1.165) is 0 Å². The summed E-state index contributed by atoms with van der Waals surface area (Å²) in [5.41, 5.74) is 5.09. The summed E-state index contributed by atoms with van der Waals surface area (Å²) in [6, 6.07) is 2.56. The Morgan fingerprint density at radius 3 is 2.47 bits per heavy atom. The van der Waals surface area contributed by atoms with E-state index in [1.165, 1.54) is 12.1 Å². The van der Waals surface area contributed by atoms with Crippen LogP contribution in [0.15, 0.2) is 12.1 Å². The standard InChI is InChI=1S/C14H20F2N2O/c1-14(19)3-2-5-18(6-4-14)13-11(15)7-10(9-17)8-12(13)16/h7-8,19H,2-6,9,17H2,1H3. The lowest BCUT2D eigenvalue weighted by molar-refractivity contribution is 0.0481. The molecule has 3 N–H and O–H groups in total. The van der Waals surface area contributed by atoms with Crippen molar-refractivity contribution in [3.05, 3.63) is 29.3 Å². The summed E-state index contributed by atoms with van der Waals surface area (Å²) < 4.78 is 28.0. The zero-order valence-corrected chi connectivity index (χ0v) is 11.1. The summed E-state index contributed by atoms with van der Waals surface area (Å²) in [7, 11) is 0. The van der Waals surface area contributed by atoms with Crippen molar-refractivity contribution in [2.45, 2.75) is 38.3 Å². The zero-order chi connectivity index (χ0) is 14.0. The van der Waals surface area contributed by atoms with Crippen LogP contribution in [0, 0.1) is 11.6 Å². The summed E-state index contributed by atoms with van der Waals surface area (Å²) in [6.07, 6.45) is 1.86. The molecule has 0 amide bonds. The summed E-state index contributed by atoms with van der Waals surface area (Å²) in [5, 5.41) is 10.0. The van der Waals surface area contributed by atoms with Crippen molar-refractivity contribution in [2.24, 2.45) is 5.73 Å². The van der Waals surface area contributed by atoms with Gasteiger partial charge >= 0.3 is 0 Å². The van der Waals surface area contributed by atoms with Gasteiger partial charge in [0.15, 0.2) is 0 Å². The molecule has 1 atom stereocenters. The van der Waals surface area contributed by atoms with Gasteiger partial charge in [0.1, 0.15) is 17.3 Å². The first-order valence-electron chi connectivity index (χ1n) is 6.58. The number of nitrogens with zero attached hydrogens (tertiary/aromatic N) is 1. The van der Waals surface area contributed by atoms with Gasteiger partial charge in [0, 0.05) is 19.6 Å². The lowest BCUT2D eigenvalue weighted by atomic mass is 9.98. The van der Waals surface area contributed by atoms with Crippen molar-refractivity contribution in [2.75, 3.05) is 18.0 Å². The SMILES string of the molecule is CC1(O)CCCN(c2c(F)cc(CN)cc2F)CC1. The van der Waals surface area contributed by atoms with E-state index in [2.05, 4.69) is 0 Å². The predicted molar refractivity (Wildman–Crippen MR) is 70.9 cm³/mol. The largest absolute Gasteiger partial charge is 0.390 e. The molecule has 1 aliphatic rings. The van der Waals surface area contributed by atoms with Gasteiger partial charge in [-0.25, -0.2) is 8.78 Å². The van der Waals surface area contributed by atoms with Crippen LogP contribution in [0.1, 0.15) is 31.7 Å². The second kappa shape index (κ2) is 5.43. The van der Waals surface area contributed by atoms with Gasteiger partial charge in [0.25, 0.3) is 0 Å². The number of rotatable bonds is 2. The van der Waals surface area contributed by atoms with E-state index in [0.29, 0.717) is 37.9 Å². The summed E-state index contributed by atoms with van der Waals surface area (Å²) in [5.74, 6) is -1.16. The normalized spacial score (nSPS) is 24.4. The third-order valence-electron chi connectivity index (χ3n) is 3.69. The van der Waals surface area contributed by atoms with Crippen molar-refractivity contribution >= 4 is 5.69 Å². The highest BCUT2D eigenvalue weighted by atomic mass is 19.1. The van der Waals surface area contributed by atoms with Gasteiger partial charge in [-0.1, -0.05) is 0 Å². The third-order valence-corrected chi connectivity index (χ3v) is 3.69. The number of nitrogens with two attached hydrogens (primary N) is 1. The Balaban J connectivity index is 2.27. The molecule has 1 aliphatic heterocycles. The molecule has 1 aromatic carbocycles. The van der Waals surface area contributed by atoms with Crippen LogP contribution in [0.25, 0.3) is 0 Å². The molecule has 0 spiro atoms. The van der Waals surface area contributed by atoms with Crippen LogP contribution in [0.2, 0.25) is 0 Å². The molecule has 0 saturated carbocycles. The van der Waals surface area contributed by atoms with Crippen molar-refractivity contribution in [1.29, 1.82) is 0 Å². The van der Waals surface area contributed by atoms with Crippen LogP contribution in [-0.2, 0) is 6.54 Å². The van der Waals surface area contributed by atoms with Gasteiger partial charge in [0.2, 0.25) is 0 Å². The fourth-order valence-corrected chi connectivity index (χ4v) is 2.52. The molecule has 5 heteroatoms. The Morgan fingerprint density at radius 2 is 1.89 bits per heavy atom. The molecule has 1 aromatic rings. The monoisotopic (exact) mass is 270 g/mol. The van der Waals surface area contributed by atoms with Crippen LogP contribution in [-0.4, -0.2) is 23.8 Å². The van der Waals surface area contributed by atoms with Crippen molar-refractivity contribution in [3.63, 3.8) is 0 Å². The Morgan fingerprint density at radius 1 is 1.26 bits per heavy atom. The minimum Gasteiger partial charge on any atom is -0.390 e. The molecular weight excluding hydrogens is 250 g/mol. The Hall–Kier alpha value is -1.20. The minimum atomic E-state index is -0.751. The zero-order valence-electron chi connectivity index (χ0n) is 11.1. The van der Waals surface area contributed by atoms with E-state index in [1.54, 1.807) is 11.8 Å². The molecule has 1 saturated heterocycles. The first-order chi connectivity index (χ1) is 8.93. The molecule has 0 bridgehead atoms. The van der Waals surface area contributed by atoms with Gasteiger partial charge in [-0.15, -0.1) is 0 Å². The van der Waals surface area contributed by atoms with E-state index < -0.39 is 17.2 Å². The minimum absolute atomic E-state index is 0.00472. The Kier molecular flexibility index (Phi) is 4.06. The van der Waals surface area contributed by atoms with E-state index in [1.807, 2.05) is 0 Å². The number of halogens is 2. The topological polar surface area (TPSA) is 49.5 Å². The average molecular weight is 270 g/mol. The van der Waals surface area contributed by atoms with Crippen LogP contribution in [0.4, 0.5) is 14.5 Å². The van der Waals surface area contributed by atoms with Gasteiger partial charge in [0.05, 0.1) is 5.60 Å². The molecule has 0 aliphatic carbocycles. The second-order valence-electron chi connectivity index (χ2n) is 5.45. The Labute approximate surface area is 112 Å². The van der Waals surface area contributed by atoms with Crippen LogP contribution in [0.5, 0.6) is 0 Å². The molecule has 0 radical (unpaired) electrons. The van der Waals surface area contributed by atoms with E-state index in [4.69, 9.17) is 5.73 Å². The van der Waals surface area contributed by atoms with Gasteiger partial charge in [-0.3, -0.25) is 0 Å². The highest BCUT2D eigenvalue weighted by Crippen LogP contribution is 2.29. The fraction of sp³-hybridized carbons (Fsp3) is 0.571. The number of anilines is 1.